The Kier molecular flexibility index (Phi) is 8.56. The lowest BCUT2D eigenvalue weighted by Crippen LogP contribution is -2.68. The smallest absolute Gasteiger partial charge is 0.352 e. The van der Waals surface area contributed by atoms with Gasteiger partial charge >= 0.3 is 5.69 Å². The molecule has 0 spiro atoms. The van der Waals surface area contributed by atoms with Gasteiger partial charge in [0.25, 0.3) is 8.32 Å². The van der Waals surface area contributed by atoms with Gasteiger partial charge in [0.15, 0.2) is 0 Å². The first-order valence-electron chi connectivity index (χ1n) is 13.9. The van der Waals surface area contributed by atoms with Crippen LogP contribution in [-0.4, -0.2) is 43.8 Å². The Bertz CT molecular complexity index is 1450. The fourth-order valence-electron chi connectivity index (χ4n) is 5.66. The molecule has 0 saturated heterocycles. The second kappa shape index (κ2) is 12.1. The van der Waals surface area contributed by atoms with E-state index >= 15 is 0 Å². The van der Waals surface area contributed by atoms with Gasteiger partial charge < -0.3 is 18.6 Å². The Morgan fingerprint density at radius 3 is 2.05 bits per heavy atom. The summed E-state index contributed by atoms with van der Waals surface area (Å²) in [5, 5.41) is 2.19. The zero-order valence-corrected chi connectivity index (χ0v) is 25.2. The van der Waals surface area contributed by atoms with E-state index in [0.29, 0.717) is 19.6 Å². The Balaban J connectivity index is 1.53. The molecule has 1 atom stereocenters. The highest BCUT2D eigenvalue weighted by atomic mass is 28.4. The number of methoxy groups -OCH3 is 1. The molecule has 2 heterocycles. The molecule has 4 aromatic rings. The molecule has 1 aliphatic rings. The summed E-state index contributed by atoms with van der Waals surface area (Å²) in [7, 11) is -1.33. The number of aromatic nitrogens is 2. The molecule has 0 bridgehead atoms. The number of nitrogens with zero attached hydrogens (tertiary/aromatic N) is 2. The SMILES string of the molecule is COc1cc2n(c(=O)n1)COC(COCc1ccccc1)(CO[Si](c1ccccc1)(c1ccccc1)C(C)(C)C)C2. The molecule has 1 aromatic heterocycles. The summed E-state index contributed by atoms with van der Waals surface area (Å²) in [6, 6.07) is 33.0. The molecule has 0 fully saturated rings. The Morgan fingerprint density at radius 1 is 0.902 bits per heavy atom. The summed E-state index contributed by atoms with van der Waals surface area (Å²) in [4.78, 5) is 16.7. The van der Waals surface area contributed by atoms with Crippen LogP contribution in [0.3, 0.4) is 0 Å². The van der Waals surface area contributed by atoms with Crippen LogP contribution in [0.4, 0.5) is 0 Å². The minimum atomic E-state index is -2.84. The molecule has 0 aliphatic carbocycles. The summed E-state index contributed by atoms with van der Waals surface area (Å²) < 4.78 is 27.0. The number of ether oxygens (including phenoxy) is 3. The van der Waals surface area contributed by atoms with E-state index in [4.69, 9.17) is 18.6 Å². The van der Waals surface area contributed by atoms with Crippen LogP contribution < -0.4 is 20.8 Å². The molecule has 1 aliphatic heterocycles. The van der Waals surface area contributed by atoms with Crippen molar-refractivity contribution < 1.29 is 18.6 Å². The van der Waals surface area contributed by atoms with E-state index in [-0.39, 0.29) is 24.3 Å². The van der Waals surface area contributed by atoms with Gasteiger partial charge in [-0.05, 0) is 21.0 Å². The standard InChI is InChI=1S/C33H38N2O5Si/c1-32(2,3)41(28-16-10-6-11-17-28,29-18-12-7-13-19-29)40-24-33(23-38-22-26-14-8-5-9-15-26)21-27-20-30(37-4)34-31(36)35(27)25-39-33/h5-20H,21-25H2,1-4H3. The maximum atomic E-state index is 12.7. The van der Waals surface area contributed by atoms with Crippen molar-refractivity contribution in [1.82, 2.24) is 9.55 Å². The van der Waals surface area contributed by atoms with Crippen LogP contribution in [0, 0.1) is 0 Å². The summed E-state index contributed by atoms with van der Waals surface area (Å²) in [6.45, 7) is 7.84. The summed E-state index contributed by atoms with van der Waals surface area (Å²) in [6.07, 6.45) is 0.411. The molecule has 0 N–H and O–H groups in total. The topological polar surface area (TPSA) is 71.8 Å². The minimum absolute atomic E-state index is 0.0595. The minimum Gasteiger partial charge on any atom is -0.481 e. The third kappa shape index (κ3) is 6.06. The van der Waals surface area contributed by atoms with Crippen LogP contribution in [0.5, 0.6) is 5.88 Å². The van der Waals surface area contributed by atoms with Crippen LogP contribution in [0.2, 0.25) is 5.04 Å². The predicted octanol–water partition coefficient (Wildman–Crippen LogP) is 4.31. The van der Waals surface area contributed by atoms with Gasteiger partial charge in [0.2, 0.25) is 5.88 Å². The van der Waals surface area contributed by atoms with Gasteiger partial charge in [-0.1, -0.05) is 112 Å². The average molecular weight is 571 g/mol. The summed E-state index contributed by atoms with van der Waals surface area (Å²) >= 11 is 0. The zero-order chi connectivity index (χ0) is 28.9. The maximum absolute atomic E-state index is 12.7. The van der Waals surface area contributed by atoms with E-state index in [1.54, 1.807) is 10.6 Å². The monoisotopic (exact) mass is 570 g/mol. The van der Waals surface area contributed by atoms with Gasteiger partial charge in [0, 0.05) is 18.2 Å². The van der Waals surface area contributed by atoms with Crippen LogP contribution in [0.25, 0.3) is 0 Å². The van der Waals surface area contributed by atoms with Crippen molar-refractivity contribution in [3.05, 3.63) is 119 Å². The van der Waals surface area contributed by atoms with E-state index in [2.05, 4.69) is 74.3 Å². The van der Waals surface area contributed by atoms with Crippen molar-refractivity contribution in [1.29, 1.82) is 0 Å². The molecule has 0 radical (unpaired) electrons. The first-order valence-corrected chi connectivity index (χ1v) is 15.8. The second-order valence-electron chi connectivity index (χ2n) is 11.6. The second-order valence-corrected chi connectivity index (χ2v) is 15.9. The van der Waals surface area contributed by atoms with Gasteiger partial charge in [0.1, 0.15) is 12.3 Å². The Hall–Kier alpha value is -3.56. The van der Waals surface area contributed by atoms with Crippen LogP contribution >= 0.6 is 0 Å². The van der Waals surface area contributed by atoms with Crippen molar-refractivity contribution in [2.24, 2.45) is 0 Å². The number of benzene rings is 3. The quantitative estimate of drug-likeness (QED) is 0.265. The Labute approximate surface area is 242 Å². The van der Waals surface area contributed by atoms with Gasteiger partial charge in [-0.2, -0.15) is 4.98 Å². The highest BCUT2D eigenvalue weighted by Gasteiger charge is 2.52. The van der Waals surface area contributed by atoms with E-state index in [9.17, 15) is 4.79 Å². The first-order chi connectivity index (χ1) is 19.8. The molecule has 8 heteroatoms. The van der Waals surface area contributed by atoms with Crippen molar-refractivity contribution in [3.63, 3.8) is 0 Å². The molecule has 0 amide bonds. The first kappa shape index (κ1) is 28.9. The third-order valence-corrected chi connectivity index (χ3v) is 12.7. The average Bonchev–Trinajstić information content (AvgIpc) is 2.98. The van der Waals surface area contributed by atoms with Gasteiger partial charge in [-0.15, -0.1) is 0 Å². The fourth-order valence-corrected chi connectivity index (χ4v) is 10.3. The highest BCUT2D eigenvalue weighted by Crippen LogP contribution is 2.38. The number of hydrogen-bond acceptors (Lipinski definition) is 6. The van der Waals surface area contributed by atoms with Gasteiger partial charge in [0.05, 0.1) is 26.9 Å². The maximum Gasteiger partial charge on any atom is 0.352 e. The summed E-state index contributed by atoms with van der Waals surface area (Å²) in [5.41, 5.74) is 0.628. The molecule has 7 nitrogen and oxygen atoms in total. The van der Waals surface area contributed by atoms with Gasteiger partial charge in [-0.25, -0.2) is 4.79 Å². The highest BCUT2D eigenvalue weighted by molar-refractivity contribution is 6.99. The lowest BCUT2D eigenvalue weighted by molar-refractivity contribution is -0.159. The van der Waals surface area contributed by atoms with Crippen LogP contribution in [0.15, 0.2) is 102 Å². The summed E-state index contributed by atoms with van der Waals surface area (Å²) in [5.74, 6) is 0.287. The number of hydrogen-bond donors (Lipinski definition) is 0. The molecular weight excluding hydrogens is 532 g/mol. The lowest BCUT2D eigenvalue weighted by Gasteiger charge is -2.46. The molecular formula is C33H38N2O5Si. The van der Waals surface area contributed by atoms with Gasteiger partial charge in [-0.3, -0.25) is 4.57 Å². The molecule has 0 saturated carbocycles. The van der Waals surface area contributed by atoms with Crippen molar-refractivity contribution >= 4 is 18.7 Å². The third-order valence-electron chi connectivity index (χ3n) is 7.73. The van der Waals surface area contributed by atoms with Crippen molar-refractivity contribution in [2.45, 2.75) is 51.2 Å². The van der Waals surface area contributed by atoms with E-state index in [1.807, 2.05) is 42.5 Å². The van der Waals surface area contributed by atoms with Crippen molar-refractivity contribution in [2.75, 3.05) is 20.3 Å². The number of rotatable bonds is 10. The molecule has 3 aromatic carbocycles. The van der Waals surface area contributed by atoms with Crippen molar-refractivity contribution in [3.8, 4) is 5.88 Å². The molecule has 41 heavy (non-hydrogen) atoms. The van der Waals surface area contributed by atoms with E-state index in [1.165, 1.54) is 17.5 Å². The molecule has 1 unspecified atom stereocenters. The molecule has 214 valence electrons. The predicted molar refractivity (Wildman–Crippen MR) is 162 cm³/mol. The Morgan fingerprint density at radius 2 is 1.49 bits per heavy atom. The van der Waals surface area contributed by atoms with Crippen LogP contribution in [-0.2, 0) is 33.7 Å². The van der Waals surface area contributed by atoms with Crippen LogP contribution in [0.1, 0.15) is 32.0 Å². The van der Waals surface area contributed by atoms with E-state index < -0.39 is 19.6 Å². The molecule has 5 rings (SSSR count). The fraction of sp³-hybridized carbons (Fsp3) is 0.333. The zero-order valence-electron chi connectivity index (χ0n) is 24.2. The number of fused-ring (bicyclic) bond motifs is 1. The normalized spacial score (nSPS) is 17.2. The lowest BCUT2D eigenvalue weighted by atomic mass is 9.97. The van der Waals surface area contributed by atoms with E-state index in [0.717, 1.165) is 11.3 Å². The largest absolute Gasteiger partial charge is 0.481 e.